The smallest absolute Gasteiger partial charge is 0.457 e. The Labute approximate surface area is 208 Å². The third-order valence-electron chi connectivity index (χ3n) is 9.74. The molecule has 12 heteroatoms. The predicted octanol–water partition coefficient (Wildman–Crippen LogP) is 2.60. The lowest BCUT2D eigenvalue weighted by Gasteiger charge is -2.60. The van der Waals surface area contributed by atoms with Crippen molar-refractivity contribution in [3.05, 3.63) is 0 Å². The van der Waals surface area contributed by atoms with Gasteiger partial charge in [-0.25, -0.2) is 9.59 Å². The molecule has 0 aromatic heterocycles. The van der Waals surface area contributed by atoms with E-state index in [2.05, 4.69) is 0 Å². The standard InChI is InChI=1S/C24H32F2O9S/c25-24(26,36(30,31)32)20(28)34-19-16-2-13-3-17(19)10-22(6-13,9-16)35-18(27)11-33-23-7-14-1-15(8-23)5-21(29,4-14)12-23/h13-17,19,29H,1-12H2,(H,30,31,32). The van der Waals surface area contributed by atoms with Crippen molar-refractivity contribution in [3.63, 3.8) is 0 Å². The molecule has 8 saturated carbocycles. The van der Waals surface area contributed by atoms with E-state index in [9.17, 15) is 31.9 Å². The molecule has 4 unspecified atom stereocenters. The van der Waals surface area contributed by atoms with Crippen LogP contribution in [-0.4, -0.2) is 64.8 Å². The molecule has 8 aliphatic carbocycles. The highest BCUT2D eigenvalue weighted by atomic mass is 32.2. The number of rotatable bonds is 7. The van der Waals surface area contributed by atoms with Crippen LogP contribution in [0.25, 0.3) is 0 Å². The average Bonchev–Trinajstić information content (AvgIpc) is 2.71. The van der Waals surface area contributed by atoms with E-state index in [1.165, 1.54) is 0 Å². The van der Waals surface area contributed by atoms with E-state index in [4.69, 9.17) is 18.8 Å². The molecule has 0 saturated heterocycles. The number of halogens is 2. The van der Waals surface area contributed by atoms with Gasteiger partial charge in [-0.1, -0.05) is 0 Å². The molecule has 0 heterocycles. The molecule has 0 aromatic carbocycles. The van der Waals surface area contributed by atoms with Crippen molar-refractivity contribution in [2.75, 3.05) is 6.61 Å². The van der Waals surface area contributed by atoms with Crippen LogP contribution in [0.4, 0.5) is 8.78 Å². The molecule has 8 fully saturated rings. The zero-order valence-corrected chi connectivity index (χ0v) is 20.7. The lowest BCUT2D eigenvalue weighted by atomic mass is 9.52. The van der Waals surface area contributed by atoms with Gasteiger partial charge in [-0.05, 0) is 82.0 Å². The molecule has 8 bridgehead atoms. The molecule has 9 nitrogen and oxygen atoms in total. The summed E-state index contributed by atoms with van der Waals surface area (Å²) in [5.74, 6) is -2.44. The zero-order valence-electron chi connectivity index (χ0n) is 19.9. The molecule has 8 rings (SSSR count). The van der Waals surface area contributed by atoms with Gasteiger partial charge in [0.15, 0.2) is 0 Å². The highest BCUT2D eigenvalue weighted by molar-refractivity contribution is 7.87. The lowest BCUT2D eigenvalue weighted by Crippen LogP contribution is -2.61. The fourth-order valence-corrected chi connectivity index (χ4v) is 9.56. The molecule has 36 heavy (non-hydrogen) atoms. The van der Waals surface area contributed by atoms with Gasteiger partial charge in [-0.3, -0.25) is 4.55 Å². The third kappa shape index (κ3) is 4.06. The second-order valence-electron chi connectivity index (χ2n) is 12.6. The summed E-state index contributed by atoms with van der Waals surface area (Å²) in [7, 11) is -5.94. The van der Waals surface area contributed by atoms with Crippen LogP contribution in [0.3, 0.4) is 0 Å². The van der Waals surface area contributed by atoms with Gasteiger partial charge in [0.25, 0.3) is 0 Å². The molecular formula is C24H32F2O9S. The summed E-state index contributed by atoms with van der Waals surface area (Å²) in [6.45, 7) is -0.212. The van der Waals surface area contributed by atoms with E-state index in [1.807, 2.05) is 0 Å². The normalized spacial score (nSPS) is 46.7. The van der Waals surface area contributed by atoms with Gasteiger partial charge < -0.3 is 19.3 Å². The minimum absolute atomic E-state index is 0.186. The second-order valence-corrected chi connectivity index (χ2v) is 14.1. The summed E-state index contributed by atoms with van der Waals surface area (Å²) in [6, 6.07) is 0. The van der Waals surface area contributed by atoms with Crippen molar-refractivity contribution in [3.8, 4) is 0 Å². The van der Waals surface area contributed by atoms with E-state index in [1.54, 1.807) is 0 Å². The van der Waals surface area contributed by atoms with Crippen LogP contribution in [-0.2, 0) is 33.9 Å². The third-order valence-corrected chi connectivity index (χ3v) is 10.6. The average molecular weight is 535 g/mol. The van der Waals surface area contributed by atoms with Crippen molar-refractivity contribution in [2.24, 2.45) is 29.6 Å². The molecule has 0 aliphatic heterocycles. The summed E-state index contributed by atoms with van der Waals surface area (Å²) < 4.78 is 75.1. The Morgan fingerprint density at radius 1 is 0.889 bits per heavy atom. The Balaban J connectivity index is 1.08. The first kappa shape index (κ1) is 24.9. The summed E-state index contributed by atoms with van der Waals surface area (Å²) in [6.07, 6.45) is 6.52. The maximum Gasteiger partial charge on any atom is 0.465 e. The van der Waals surface area contributed by atoms with Gasteiger partial charge in [0, 0.05) is 18.3 Å². The Kier molecular flexibility index (Phi) is 5.42. The molecule has 0 aromatic rings. The fourth-order valence-electron chi connectivity index (χ4n) is 9.30. The largest absolute Gasteiger partial charge is 0.465 e. The molecule has 2 N–H and O–H groups in total. The van der Waals surface area contributed by atoms with Crippen LogP contribution in [0.2, 0.25) is 0 Å². The quantitative estimate of drug-likeness (QED) is 0.373. The maximum atomic E-state index is 13.8. The van der Waals surface area contributed by atoms with Gasteiger partial charge >= 0.3 is 27.3 Å². The van der Waals surface area contributed by atoms with E-state index in [0.717, 1.165) is 32.1 Å². The number of alkyl halides is 2. The Bertz CT molecular complexity index is 1050. The van der Waals surface area contributed by atoms with Gasteiger partial charge in [0.2, 0.25) is 0 Å². The number of carbonyl (C=O) groups excluding carboxylic acids is 2. The molecular weight excluding hydrogens is 502 g/mol. The number of carbonyl (C=O) groups is 2. The van der Waals surface area contributed by atoms with Crippen LogP contribution in [0.5, 0.6) is 0 Å². The first-order chi connectivity index (χ1) is 16.7. The van der Waals surface area contributed by atoms with Crippen molar-refractivity contribution >= 4 is 22.1 Å². The van der Waals surface area contributed by atoms with Crippen LogP contribution in [0, 0.1) is 29.6 Å². The predicted molar refractivity (Wildman–Crippen MR) is 117 cm³/mol. The highest BCUT2D eigenvalue weighted by Crippen LogP contribution is 2.60. The Morgan fingerprint density at radius 3 is 2.03 bits per heavy atom. The number of esters is 2. The van der Waals surface area contributed by atoms with Crippen molar-refractivity contribution in [1.82, 2.24) is 0 Å². The maximum absolute atomic E-state index is 13.8. The summed E-state index contributed by atoms with van der Waals surface area (Å²) in [5.41, 5.74) is -1.98. The Morgan fingerprint density at radius 2 is 1.47 bits per heavy atom. The number of hydrogen-bond acceptors (Lipinski definition) is 8. The molecule has 0 spiro atoms. The highest BCUT2D eigenvalue weighted by Gasteiger charge is 2.62. The summed E-state index contributed by atoms with van der Waals surface area (Å²) >= 11 is 0. The lowest BCUT2D eigenvalue weighted by molar-refractivity contribution is -0.237. The topological polar surface area (TPSA) is 136 Å². The first-order valence-electron chi connectivity index (χ1n) is 12.8. The van der Waals surface area contributed by atoms with Crippen LogP contribution in [0.1, 0.15) is 70.6 Å². The van der Waals surface area contributed by atoms with Gasteiger partial charge in [0.1, 0.15) is 18.3 Å². The minimum atomic E-state index is -5.94. The van der Waals surface area contributed by atoms with E-state index < -0.39 is 50.2 Å². The first-order valence-corrected chi connectivity index (χ1v) is 14.3. The summed E-state index contributed by atoms with van der Waals surface area (Å²) in [5, 5.41) is 5.87. The fraction of sp³-hybridized carbons (Fsp3) is 0.917. The summed E-state index contributed by atoms with van der Waals surface area (Å²) in [4.78, 5) is 24.8. The number of hydrogen-bond donors (Lipinski definition) is 2. The zero-order chi connectivity index (χ0) is 25.7. The van der Waals surface area contributed by atoms with Crippen molar-refractivity contribution in [1.29, 1.82) is 0 Å². The van der Waals surface area contributed by atoms with Gasteiger partial charge in [-0.2, -0.15) is 17.2 Å². The number of aliphatic hydroxyl groups is 1. The van der Waals surface area contributed by atoms with Crippen molar-refractivity contribution in [2.45, 2.75) is 98.8 Å². The number of ether oxygens (including phenoxy) is 3. The second kappa shape index (κ2) is 7.83. The monoisotopic (exact) mass is 534 g/mol. The molecule has 202 valence electrons. The minimum Gasteiger partial charge on any atom is -0.457 e. The van der Waals surface area contributed by atoms with Crippen LogP contribution in [0.15, 0.2) is 0 Å². The van der Waals surface area contributed by atoms with Crippen LogP contribution >= 0.6 is 0 Å². The molecule has 0 amide bonds. The van der Waals surface area contributed by atoms with Crippen LogP contribution < -0.4 is 0 Å². The molecule has 0 radical (unpaired) electrons. The molecule has 4 atom stereocenters. The van der Waals surface area contributed by atoms with Gasteiger partial charge in [0.05, 0.1) is 11.2 Å². The van der Waals surface area contributed by atoms with E-state index in [-0.39, 0.29) is 24.4 Å². The Hall–Kier alpha value is -1.37. The van der Waals surface area contributed by atoms with E-state index in [0.29, 0.717) is 50.4 Å². The molecule has 8 aliphatic rings. The van der Waals surface area contributed by atoms with E-state index >= 15 is 0 Å². The van der Waals surface area contributed by atoms with Gasteiger partial charge in [-0.15, -0.1) is 0 Å². The SMILES string of the molecule is O=C(COC12CC3CC(CC(O)(C3)C1)C2)OC12CC3CC(C1)C(OC(=O)C(F)(F)S(=O)(=O)O)C(C3)C2. The van der Waals surface area contributed by atoms with Crippen molar-refractivity contribution < 1.29 is 50.7 Å².